The Morgan fingerprint density at radius 3 is 2.67 bits per heavy atom. The Morgan fingerprint density at radius 1 is 1.29 bits per heavy atom. The van der Waals surface area contributed by atoms with Crippen LogP contribution in [-0.2, 0) is 11.9 Å². The second-order valence-electron chi connectivity index (χ2n) is 4.19. The van der Waals surface area contributed by atoms with Gasteiger partial charge in [-0.05, 0) is 33.6 Å². The highest BCUT2D eigenvalue weighted by molar-refractivity contribution is 9.10. The molecule has 0 amide bonds. The van der Waals surface area contributed by atoms with Gasteiger partial charge in [-0.3, -0.25) is 10.1 Å². The summed E-state index contributed by atoms with van der Waals surface area (Å²) >= 11 is 12.7. The van der Waals surface area contributed by atoms with Crippen LogP contribution in [0, 0.1) is 10.1 Å². The molecular weight excluding hydrogens is 425 g/mol. The topological polar surface area (TPSA) is 52.4 Å². The summed E-state index contributed by atoms with van der Waals surface area (Å²) in [6, 6.07) is 10.3. The zero-order valence-corrected chi connectivity index (χ0v) is 14.6. The summed E-state index contributed by atoms with van der Waals surface area (Å²) in [5.74, 6) is 0.541. The summed E-state index contributed by atoms with van der Waals surface area (Å²) < 4.78 is 6.06. The third-order valence-electron chi connectivity index (χ3n) is 2.79. The van der Waals surface area contributed by atoms with Crippen LogP contribution in [0.3, 0.4) is 0 Å². The SMILES string of the molecule is O=[N+]([O-])c1cccc(COc2ccc(CBr)cc2Cl)c1Br. The first kappa shape index (κ1) is 16.3. The predicted molar refractivity (Wildman–Crippen MR) is 89.2 cm³/mol. The molecule has 2 aromatic carbocycles. The van der Waals surface area contributed by atoms with Gasteiger partial charge < -0.3 is 4.74 Å². The van der Waals surface area contributed by atoms with Crippen LogP contribution >= 0.6 is 43.5 Å². The molecule has 0 N–H and O–H groups in total. The lowest BCUT2D eigenvalue weighted by Crippen LogP contribution is -1.99. The van der Waals surface area contributed by atoms with Crippen LogP contribution in [-0.4, -0.2) is 4.92 Å². The summed E-state index contributed by atoms with van der Waals surface area (Å²) in [4.78, 5) is 10.4. The van der Waals surface area contributed by atoms with Crippen LogP contribution in [0.1, 0.15) is 11.1 Å². The Bertz CT molecular complexity index is 679. The standard InChI is InChI=1S/C14H10Br2ClNO3/c15-7-9-4-5-13(11(17)6-9)21-8-10-2-1-3-12(14(10)16)18(19)20/h1-6H,7-8H2. The third kappa shape index (κ3) is 3.96. The lowest BCUT2D eigenvalue weighted by molar-refractivity contribution is -0.385. The number of nitro benzene ring substituents is 1. The molecular formula is C14H10Br2ClNO3. The molecule has 2 aromatic rings. The van der Waals surface area contributed by atoms with E-state index in [1.807, 2.05) is 12.1 Å². The minimum atomic E-state index is -0.439. The molecule has 110 valence electrons. The molecule has 0 aliphatic carbocycles. The number of alkyl halides is 1. The Hall–Kier alpha value is -1.11. The molecule has 4 nitrogen and oxygen atoms in total. The van der Waals surface area contributed by atoms with E-state index in [1.165, 1.54) is 6.07 Å². The van der Waals surface area contributed by atoms with Gasteiger partial charge in [0.15, 0.2) is 0 Å². The number of nitro groups is 1. The first-order valence-corrected chi connectivity index (χ1v) is 8.21. The van der Waals surface area contributed by atoms with Crippen LogP contribution in [0.5, 0.6) is 5.75 Å². The van der Waals surface area contributed by atoms with Crippen LogP contribution in [0.15, 0.2) is 40.9 Å². The number of nitrogens with zero attached hydrogens (tertiary/aromatic N) is 1. The van der Waals surface area contributed by atoms with Crippen molar-refractivity contribution in [3.63, 3.8) is 0 Å². The second-order valence-corrected chi connectivity index (χ2v) is 5.96. The molecule has 21 heavy (non-hydrogen) atoms. The fourth-order valence-electron chi connectivity index (χ4n) is 1.72. The van der Waals surface area contributed by atoms with E-state index in [0.29, 0.717) is 26.1 Å². The average molecular weight is 435 g/mol. The van der Waals surface area contributed by atoms with Gasteiger partial charge in [0.25, 0.3) is 5.69 Å². The van der Waals surface area contributed by atoms with E-state index in [4.69, 9.17) is 16.3 Å². The molecule has 0 radical (unpaired) electrons. The van der Waals surface area contributed by atoms with E-state index in [2.05, 4.69) is 31.9 Å². The van der Waals surface area contributed by atoms with Gasteiger partial charge in [0.1, 0.15) is 16.8 Å². The first-order chi connectivity index (χ1) is 10.0. The van der Waals surface area contributed by atoms with Crippen LogP contribution < -0.4 is 4.74 Å². The van der Waals surface area contributed by atoms with E-state index >= 15 is 0 Å². The summed E-state index contributed by atoms with van der Waals surface area (Å²) in [5.41, 5.74) is 1.74. The molecule has 0 aromatic heterocycles. The molecule has 7 heteroatoms. The number of ether oxygens (including phenoxy) is 1. The maximum absolute atomic E-state index is 10.9. The predicted octanol–water partition coefficient (Wildman–Crippen LogP) is 5.48. The van der Waals surface area contributed by atoms with Crippen molar-refractivity contribution in [3.8, 4) is 5.75 Å². The van der Waals surface area contributed by atoms with Crippen molar-refractivity contribution < 1.29 is 9.66 Å². The molecule has 0 unspecified atom stereocenters. The lowest BCUT2D eigenvalue weighted by atomic mass is 10.2. The van der Waals surface area contributed by atoms with E-state index in [0.717, 1.165) is 5.56 Å². The van der Waals surface area contributed by atoms with Crippen molar-refractivity contribution in [2.24, 2.45) is 0 Å². The van der Waals surface area contributed by atoms with Gasteiger partial charge in [0.2, 0.25) is 0 Å². The second kappa shape index (κ2) is 7.24. The van der Waals surface area contributed by atoms with Gasteiger partial charge in [-0.1, -0.05) is 45.7 Å². The highest BCUT2D eigenvalue weighted by atomic mass is 79.9. The minimum Gasteiger partial charge on any atom is -0.487 e. The number of halogens is 3. The van der Waals surface area contributed by atoms with Crippen molar-refractivity contribution in [3.05, 3.63) is 67.1 Å². The van der Waals surface area contributed by atoms with Crippen LogP contribution in [0.25, 0.3) is 0 Å². The number of benzene rings is 2. The molecule has 0 saturated heterocycles. The smallest absolute Gasteiger partial charge is 0.283 e. The molecule has 0 heterocycles. The van der Waals surface area contributed by atoms with E-state index < -0.39 is 4.92 Å². The van der Waals surface area contributed by atoms with Gasteiger partial charge in [-0.2, -0.15) is 0 Å². The number of hydrogen-bond donors (Lipinski definition) is 0. The van der Waals surface area contributed by atoms with Gasteiger partial charge in [-0.15, -0.1) is 0 Å². The minimum absolute atomic E-state index is 0.0110. The zero-order chi connectivity index (χ0) is 15.4. The highest BCUT2D eigenvalue weighted by Gasteiger charge is 2.15. The summed E-state index contributed by atoms with van der Waals surface area (Å²) in [5, 5.41) is 12.1. The summed E-state index contributed by atoms with van der Waals surface area (Å²) in [7, 11) is 0. The maximum atomic E-state index is 10.9. The van der Waals surface area contributed by atoms with E-state index in [-0.39, 0.29) is 12.3 Å². The van der Waals surface area contributed by atoms with Crippen molar-refractivity contribution in [2.45, 2.75) is 11.9 Å². The number of rotatable bonds is 5. The zero-order valence-electron chi connectivity index (χ0n) is 10.7. The van der Waals surface area contributed by atoms with Crippen molar-refractivity contribution in [2.75, 3.05) is 0 Å². The molecule has 0 atom stereocenters. The Morgan fingerprint density at radius 2 is 2.05 bits per heavy atom. The normalized spacial score (nSPS) is 10.4. The van der Waals surface area contributed by atoms with Gasteiger partial charge >= 0.3 is 0 Å². The van der Waals surface area contributed by atoms with Gasteiger partial charge in [0.05, 0.1) is 9.95 Å². The Kier molecular flexibility index (Phi) is 5.61. The molecule has 0 bridgehead atoms. The summed E-state index contributed by atoms with van der Waals surface area (Å²) in [6.07, 6.45) is 0. The largest absolute Gasteiger partial charge is 0.487 e. The van der Waals surface area contributed by atoms with Gasteiger partial charge in [0, 0.05) is 17.0 Å². The molecule has 0 spiro atoms. The first-order valence-electron chi connectivity index (χ1n) is 5.92. The quantitative estimate of drug-likeness (QED) is 0.355. The fraction of sp³-hybridized carbons (Fsp3) is 0.143. The molecule has 0 fully saturated rings. The summed E-state index contributed by atoms with van der Waals surface area (Å²) in [6.45, 7) is 0.190. The monoisotopic (exact) mass is 433 g/mol. The fourth-order valence-corrected chi connectivity index (χ4v) is 2.85. The molecule has 0 saturated carbocycles. The average Bonchev–Trinajstić information content (AvgIpc) is 2.46. The highest BCUT2D eigenvalue weighted by Crippen LogP contribution is 2.31. The lowest BCUT2D eigenvalue weighted by Gasteiger charge is -2.10. The van der Waals surface area contributed by atoms with Crippen molar-refractivity contribution >= 4 is 49.1 Å². The van der Waals surface area contributed by atoms with Gasteiger partial charge in [-0.25, -0.2) is 0 Å². The molecule has 0 aliphatic rings. The Labute approximate surface area is 143 Å². The van der Waals surface area contributed by atoms with Crippen LogP contribution in [0.2, 0.25) is 5.02 Å². The Balaban J connectivity index is 2.17. The number of hydrogen-bond acceptors (Lipinski definition) is 3. The van der Waals surface area contributed by atoms with E-state index in [9.17, 15) is 10.1 Å². The van der Waals surface area contributed by atoms with Crippen LogP contribution in [0.4, 0.5) is 5.69 Å². The van der Waals surface area contributed by atoms with Crippen molar-refractivity contribution in [1.82, 2.24) is 0 Å². The molecule has 0 aliphatic heterocycles. The maximum Gasteiger partial charge on any atom is 0.283 e. The molecule has 2 rings (SSSR count). The third-order valence-corrected chi connectivity index (χ3v) is 4.65. The van der Waals surface area contributed by atoms with E-state index in [1.54, 1.807) is 18.2 Å². The van der Waals surface area contributed by atoms with Crippen molar-refractivity contribution in [1.29, 1.82) is 0 Å².